The van der Waals surface area contributed by atoms with E-state index < -0.39 is 0 Å². The van der Waals surface area contributed by atoms with Crippen molar-refractivity contribution in [2.24, 2.45) is 5.92 Å². The predicted molar refractivity (Wildman–Crippen MR) is 84.9 cm³/mol. The van der Waals surface area contributed by atoms with E-state index in [1.54, 1.807) is 11.3 Å². The number of aromatic nitrogens is 1. The second-order valence-corrected chi connectivity index (χ2v) is 7.36. The minimum absolute atomic E-state index is 0.111. The third kappa shape index (κ3) is 3.23. The summed E-state index contributed by atoms with van der Waals surface area (Å²) < 4.78 is 5.16. The van der Waals surface area contributed by atoms with Gasteiger partial charge in [0.1, 0.15) is 5.92 Å². The van der Waals surface area contributed by atoms with Crippen molar-refractivity contribution in [1.29, 1.82) is 0 Å². The van der Waals surface area contributed by atoms with Crippen LogP contribution in [0.15, 0.2) is 0 Å². The van der Waals surface area contributed by atoms with E-state index in [0.717, 1.165) is 29.6 Å². The molecule has 1 unspecified atom stereocenters. The van der Waals surface area contributed by atoms with Gasteiger partial charge in [-0.3, -0.25) is 4.79 Å². The van der Waals surface area contributed by atoms with Crippen LogP contribution in [0, 0.1) is 5.92 Å². The minimum atomic E-state index is -0.141. The Morgan fingerprint density at radius 3 is 2.81 bits per heavy atom. The van der Waals surface area contributed by atoms with Crippen molar-refractivity contribution in [2.45, 2.75) is 64.3 Å². The highest BCUT2D eigenvalue weighted by Crippen LogP contribution is 2.39. The van der Waals surface area contributed by atoms with Crippen LogP contribution < -0.4 is 5.32 Å². The number of carbonyl (C=O) groups excluding carboxylic acids is 1. The molecule has 1 N–H and O–H groups in total. The number of anilines is 1. The second-order valence-electron chi connectivity index (χ2n) is 6.27. The number of nitrogens with zero attached hydrogens (tertiary/aromatic N) is 1. The molecule has 1 aromatic rings. The van der Waals surface area contributed by atoms with Crippen molar-refractivity contribution >= 4 is 22.4 Å². The van der Waals surface area contributed by atoms with Crippen LogP contribution in [0.4, 0.5) is 5.13 Å². The molecule has 1 fully saturated rings. The first kappa shape index (κ1) is 14.8. The summed E-state index contributed by atoms with van der Waals surface area (Å²) >= 11 is 1.73. The maximum absolute atomic E-state index is 12.0. The fourth-order valence-corrected chi connectivity index (χ4v) is 4.46. The standard InChI is InChI=1S/C16H24N2O2S/c1-3-20-15(19)12-8-9-13-14(12)18-16(21-13)17-11-6-4-10(2)5-7-11/h10-12H,3-9H2,1-2H3,(H,17,18). The molecule has 0 radical (unpaired) electrons. The van der Waals surface area contributed by atoms with Crippen molar-refractivity contribution in [3.63, 3.8) is 0 Å². The summed E-state index contributed by atoms with van der Waals surface area (Å²) in [5.41, 5.74) is 0.963. The fourth-order valence-electron chi connectivity index (χ4n) is 3.34. The molecule has 0 bridgehead atoms. The van der Waals surface area contributed by atoms with Crippen molar-refractivity contribution < 1.29 is 9.53 Å². The number of esters is 1. The zero-order valence-corrected chi connectivity index (χ0v) is 13.7. The molecule has 21 heavy (non-hydrogen) atoms. The Kier molecular flexibility index (Phi) is 4.48. The summed E-state index contributed by atoms with van der Waals surface area (Å²) in [7, 11) is 0. The highest BCUT2D eigenvalue weighted by Gasteiger charge is 2.34. The van der Waals surface area contributed by atoms with Gasteiger partial charge in [-0.2, -0.15) is 0 Å². The quantitative estimate of drug-likeness (QED) is 0.861. The molecule has 1 atom stereocenters. The molecule has 0 saturated heterocycles. The summed E-state index contributed by atoms with van der Waals surface area (Å²) in [6, 6.07) is 0.550. The largest absolute Gasteiger partial charge is 0.465 e. The monoisotopic (exact) mass is 308 g/mol. The molecule has 2 aliphatic rings. The van der Waals surface area contributed by atoms with Gasteiger partial charge in [0, 0.05) is 10.9 Å². The topological polar surface area (TPSA) is 51.2 Å². The normalized spacial score (nSPS) is 28.2. The molecule has 0 aliphatic heterocycles. The Morgan fingerprint density at radius 1 is 1.33 bits per heavy atom. The van der Waals surface area contributed by atoms with Gasteiger partial charge < -0.3 is 10.1 Å². The van der Waals surface area contributed by atoms with Crippen molar-refractivity contribution in [2.75, 3.05) is 11.9 Å². The van der Waals surface area contributed by atoms with Gasteiger partial charge in [0.05, 0.1) is 12.3 Å². The van der Waals surface area contributed by atoms with Crippen LogP contribution in [-0.2, 0) is 16.0 Å². The molecular formula is C16H24N2O2S. The molecular weight excluding hydrogens is 284 g/mol. The summed E-state index contributed by atoms with van der Waals surface area (Å²) in [5, 5.41) is 4.57. The van der Waals surface area contributed by atoms with Crippen LogP contribution in [0.25, 0.3) is 0 Å². The summed E-state index contributed by atoms with van der Waals surface area (Å²) in [5.74, 6) is 0.607. The van der Waals surface area contributed by atoms with Gasteiger partial charge in [-0.1, -0.05) is 6.92 Å². The Labute approximate surface area is 130 Å². The SMILES string of the molecule is CCOC(=O)C1CCc2sc(NC3CCC(C)CC3)nc21. The molecule has 1 heterocycles. The Bertz CT molecular complexity index is 506. The van der Waals surface area contributed by atoms with E-state index in [-0.39, 0.29) is 11.9 Å². The first-order chi connectivity index (χ1) is 10.2. The fraction of sp³-hybridized carbons (Fsp3) is 0.750. The lowest BCUT2D eigenvalue weighted by Crippen LogP contribution is -2.25. The van der Waals surface area contributed by atoms with Crippen LogP contribution in [-0.4, -0.2) is 23.6 Å². The van der Waals surface area contributed by atoms with Gasteiger partial charge in [-0.25, -0.2) is 4.98 Å². The average molecular weight is 308 g/mol. The van der Waals surface area contributed by atoms with E-state index in [0.29, 0.717) is 12.6 Å². The van der Waals surface area contributed by atoms with E-state index in [9.17, 15) is 4.79 Å². The molecule has 5 heteroatoms. The first-order valence-electron chi connectivity index (χ1n) is 8.10. The van der Waals surface area contributed by atoms with Crippen LogP contribution in [0.3, 0.4) is 0 Å². The van der Waals surface area contributed by atoms with Crippen molar-refractivity contribution in [1.82, 2.24) is 4.98 Å². The average Bonchev–Trinajstić information content (AvgIpc) is 3.01. The highest BCUT2D eigenvalue weighted by atomic mass is 32.1. The lowest BCUT2D eigenvalue weighted by atomic mass is 9.87. The molecule has 3 rings (SSSR count). The third-order valence-electron chi connectivity index (χ3n) is 4.63. The number of ether oxygens (including phenoxy) is 1. The van der Waals surface area contributed by atoms with E-state index in [1.165, 1.54) is 30.6 Å². The van der Waals surface area contributed by atoms with Gasteiger partial charge in [0.15, 0.2) is 5.13 Å². The van der Waals surface area contributed by atoms with E-state index in [4.69, 9.17) is 9.72 Å². The van der Waals surface area contributed by atoms with Gasteiger partial charge in [0.2, 0.25) is 0 Å². The number of carbonyl (C=O) groups is 1. The third-order valence-corrected chi connectivity index (χ3v) is 5.69. The Balaban J connectivity index is 1.65. The number of hydrogen-bond acceptors (Lipinski definition) is 5. The molecule has 4 nitrogen and oxygen atoms in total. The zero-order chi connectivity index (χ0) is 14.8. The van der Waals surface area contributed by atoms with Crippen LogP contribution >= 0.6 is 11.3 Å². The van der Waals surface area contributed by atoms with Crippen molar-refractivity contribution in [3.05, 3.63) is 10.6 Å². The first-order valence-corrected chi connectivity index (χ1v) is 8.91. The van der Waals surface area contributed by atoms with Crippen LogP contribution in [0.5, 0.6) is 0 Å². The molecule has 0 spiro atoms. The Morgan fingerprint density at radius 2 is 2.10 bits per heavy atom. The number of aryl methyl sites for hydroxylation is 1. The second kappa shape index (κ2) is 6.34. The molecule has 1 saturated carbocycles. The number of hydrogen-bond donors (Lipinski definition) is 1. The number of rotatable bonds is 4. The molecule has 0 amide bonds. The lowest BCUT2D eigenvalue weighted by Gasteiger charge is -2.26. The summed E-state index contributed by atoms with van der Waals surface area (Å²) in [6.45, 7) is 4.63. The zero-order valence-electron chi connectivity index (χ0n) is 12.9. The summed E-state index contributed by atoms with van der Waals surface area (Å²) in [6.07, 6.45) is 6.87. The van der Waals surface area contributed by atoms with Crippen molar-refractivity contribution in [3.8, 4) is 0 Å². The number of nitrogens with one attached hydrogen (secondary N) is 1. The van der Waals surface area contributed by atoms with Crippen LogP contribution in [0.2, 0.25) is 0 Å². The van der Waals surface area contributed by atoms with Gasteiger partial charge in [0.25, 0.3) is 0 Å². The maximum atomic E-state index is 12.0. The van der Waals surface area contributed by atoms with E-state index in [1.807, 2.05) is 6.92 Å². The Hall–Kier alpha value is -1.10. The van der Waals surface area contributed by atoms with E-state index in [2.05, 4.69) is 12.2 Å². The van der Waals surface area contributed by atoms with Gasteiger partial charge >= 0.3 is 5.97 Å². The number of fused-ring (bicyclic) bond motifs is 1. The van der Waals surface area contributed by atoms with E-state index >= 15 is 0 Å². The number of thiazole rings is 1. The highest BCUT2D eigenvalue weighted by molar-refractivity contribution is 7.15. The van der Waals surface area contributed by atoms with Gasteiger partial charge in [-0.05, 0) is 51.4 Å². The lowest BCUT2D eigenvalue weighted by molar-refractivity contribution is -0.145. The maximum Gasteiger partial charge on any atom is 0.315 e. The molecule has 1 aromatic heterocycles. The predicted octanol–water partition coefficient (Wildman–Crippen LogP) is 3.73. The van der Waals surface area contributed by atoms with Crippen LogP contribution in [0.1, 0.15) is 62.4 Å². The summed E-state index contributed by atoms with van der Waals surface area (Å²) in [4.78, 5) is 17.9. The molecule has 0 aromatic carbocycles. The molecule has 116 valence electrons. The minimum Gasteiger partial charge on any atom is -0.465 e. The molecule has 2 aliphatic carbocycles. The smallest absolute Gasteiger partial charge is 0.315 e. The van der Waals surface area contributed by atoms with Gasteiger partial charge in [-0.15, -0.1) is 11.3 Å².